The fourth-order valence-electron chi connectivity index (χ4n) is 0.812. The van der Waals surface area contributed by atoms with Crippen molar-refractivity contribution >= 4 is 0 Å². The third-order valence-electron chi connectivity index (χ3n) is 2.01. The molecule has 0 saturated carbocycles. The van der Waals surface area contributed by atoms with Crippen LogP contribution >= 0.6 is 0 Å². The smallest absolute Gasteiger partial charge is 0.138 e. The summed E-state index contributed by atoms with van der Waals surface area (Å²) in [6, 6.07) is 0. The molecule has 0 aromatic carbocycles. The second-order valence-electron chi connectivity index (χ2n) is 3.18. The van der Waals surface area contributed by atoms with Crippen molar-refractivity contribution < 1.29 is 14.8 Å². The summed E-state index contributed by atoms with van der Waals surface area (Å²) < 4.78 is 5.17. The fourth-order valence-corrected chi connectivity index (χ4v) is 0.812. The number of hydrogen-bond acceptors (Lipinski definition) is 3. The Balaban J connectivity index is 2.21. The lowest BCUT2D eigenvalue weighted by molar-refractivity contribution is -1.02. The van der Waals surface area contributed by atoms with Crippen molar-refractivity contribution in [2.75, 3.05) is 13.2 Å². The van der Waals surface area contributed by atoms with Gasteiger partial charge in [-0.15, -0.1) is 0 Å². The van der Waals surface area contributed by atoms with Crippen LogP contribution in [0.25, 0.3) is 0 Å². The lowest BCUT2D eigenvalue weighted by atomic mass is 10.1. The standard InChI is InChI=1S/C8H15NO3/c1-4-8(5-11-8)6-12-9(10)7(2)3/h9H,2,4-6H2,1,3H3. The maximum absolute atomic E-state index is 11.0. The number of rotatable bonds is 5. The number of epoxide rings is 1. The van der Waals surface area contributed by atoms with Gasteiger partial charge in [0.25, 0.3) is 0 Å². The molecule has 0 aliphatic carbocycles. The predicted octanol–water partition coefficient (Wildman–Crippen LogP) is 0.0133. The van der Waals surface area contributed by atoms with Gasteiger partial charge in [0.15, 0.2) is 0 Å². The van der Waals surface area contributed by atoms with Crippen LogP contribution in [0.5, 0.6) is 0 Å². The first-order valence-electron chi connectivity index (χ1n) is 4.06. The van der Waals surface area contributed by atoms with E-state index in [2.05, 4.69) is 6.58 Å². The molecule has 0 bridgehead atoms. The summed E-state index contributed by atoms with van der Waals surface area (Å²) in [4.78, 5) is 4.96. The van der Waals surface area contributed by atoms with Gasteiger partial charge < -0.3 is 9.94 Å². The summed E-state index contributed by atoms with van der Waals surface area (Å²) in [6.07, 6.45) is 0.885. The first kappa shape index (κ1) is 9.67. The van der Waals surface area contributed by atoms with Gasteiger partial charge in [-0.05, 0) is 13.0 Å². The molecule has 0 spiro atoms. The second kappa shape index (κ2) is 3.53. The van der Waals surface area contributed by atoms with E-state index in [1.165, 1.54) is 0 Å². The second-order valence-corrected chi connectivity index (χ2v) is 3.18. The number of allylic oxidation sites excluding steroid dienone is 1. The molecule has 1 aliphatic heterocycles. The molecule has 4 heteroatoms. The molecule has 4 nitrogen and oxygen atoms in total. The van der Waals surface area contributed by atoms with Crippen molar-refractivity contribution in [3.8, 4) is 0 Å². The summed E-state index contributed by atoms with van der Waals surface area (Å²) in [5.41, 5.74) is 0.257. The minimum Gasteiger partial charge on any atom is -0.595 e. The van der Waals surface area contributed by atoms with Crippen molar-refractivity contribution in [3.63, 3.8) is 0 Å². The molecule has 1 N–H and O–H groups in total. The van der Waals surface area contributed by atoms with Crippen molar-refractivity contribution in [1.29, 1.82) is 0 Å². The Kier molecular flexibility index (Phi) is 2.85. The predicted molar refractivity (Wildman–Crippen MR) is 44.1 cm³/mol. The number of hydrogen-bond donors (Lipinski definition) is 1. The van der Waals surface area contributed by atoms with Gasteiger partial charge in [0.2, 0.25) is 0 Å². The van der Waals surface area contributed by atoms with Gasteiger partial charge in [-0.1, -0.05) is 6.92 Å². The first-order valence-corrected chi connectivity index (χ1v) is 4.06. The summed E-state index contributed by atoms with van der Waals surface area (Å²) in [6.45, 7) is 8.19. The zero-order chi connectivity index (χ0) is 9.19. The van der Waals surface area contributed by atoms with Crippen molar-refractivity contribution in [1.82, 2.24) is 0 Å². The Bertz CT molecular complexity index is 177. The van der Waals surface area contributed by atoms with Crippen LogP contribution < -0.4 is 5.23 Å². The van der Waals surface area contributed by atoms with Gasteiger partial charge in [-0.3, -0.25) is 0 Å². The lowest BCUT2D eigenvalue weighted by Crippen LogP contribution is -3.04. The molecule has 0 aromatic rings. The topological polar surface area (TPSA) is 49.3 Å². The molecule has 12 heavy (non-hydrogen) atoms. The van der Waals surface area contributed by atoms with Crippen LogP contribution in [0, 0.1) is 5.21 Å². The molecule has 0 aromatic heterocycles. The van der Waals surface area contributed by atoms with Crippen molar-refractivity contribution in [2.24, 2.45) is 0 Å². The Hall–Kier alpha value is -0.420. The number of hydroxylamine groups is 2. The van der Waals surface area contributed by atoms with Crippen LogP contribution in [-0.4, -0.2) is 18.8 Å². The molecule has 0 amide bonds. The molecule has 1 rings (SSSR count). The highest BCUT2D eigenvalue weighted by Crippen LogP contribution is 2.29. The summed E-state index contributed by atoms with van der Waals surface area (Å²) in [7, 11) is 0. The quantitative estimate of drug-likeness (QED) is 0.471. The first-order chi connectivity index (χ1) is 5.59. The van der Waals surface area contributed by atoms with E-state index in [9.17, 15) is 5.21 Å². The van der Waals surface area contributed by atoms with Crippen LogP contribution in [0.2, 0.25) is 0 Å². The summed E-state index contributed by atoms with van der Waals surface area (Å²) >= 11 is 0. The van der Waals surface area contributed by atoms with Gasteiger partial charge in [0, 0.05) is 6.92 Å². The van der Waals surface area contributed by atoms with E-state index >= 15 is 0 Å². The van der Waals surface area contributed by atoms with E-state index in [4.69, 9.17) is 9.57 Å². The molecular formula is C8H15NO3. The highest BCUT2D eigenvalue weighted by Gasteiger charge is 2.44. The van der Waals surface area contributed by atoms with Crippen molar-refractivity contribution in [3.05, 3.63) is 17.5 Å². The molecule has 70 valence electrons. The lowest BCUT2D eigenvalue weighted by Gasteiger charge is -2.20. The monoisotopic (exact) mass is 173 g/mol. The Morgan fingerprint density at radius 1 is 1.83 bits per heavy atom. The summed E-state index contributed by atoms with van der Waals surface area (Å²) in [5.74, 6) is 0. The maximum Gasteiger partial charge on any atom is 0.138 e. The van der Waals surface area contributed by atoms with E-state index in [-0.39, 0.29) is 10.8 Å². The summed E-state index contributed by atoms with van der Waals surface area (Å²) in [5, 5.41) is 10.6. The van der Waals surface area contributed by atoms with Gasteiger partial charge in [0.05, 0.1) is 6.61 Å². The molecule has 2 atom stereocenters. The molecule has 1 fully saturated rings. The molecule has 1 heterocycles. The van der Waals surface area contributed by atoms with Crippen LogP contribution in [0.3, 0.4) is 0 Å². The minimum atomic E-state index is -0.335. The molecule has 1 saturated heterocycles. The number of quaternary nitrogens is 1. The zero-order valence-electron chi connectivity index (χ0n) is 7.55. The van der Waals surface area contributed by atoms with Gasteiger partial charge >= 0.3 is 0 Å². The maximum atomic E-state index is 11.0. The SMILES string of the molecule is C=C(C)[NH+]([O-])OCC1(CC)CO1. The molecule has 1 aliphatic rings. The molecular weight excluding hydrogens is 158 g/mol. The van der Waals surface area contributed by atoms with Gasteiger partial charge in [-0.2, -0.15) is 10.1 Å². The largest absolute Gasteiger partial charge is 0.595 e. The van der Waals surface area contributed by atoms with Gasteiger partial charge in [-0.25, -0.2) is 0 Å². The number of ether oxygens (including phenoxy) is 1. The van der Waals surface area contributed by atoms with Crippen LogP contribution in [0.4, 0.5) is 0 Å². The molecule has 0 radical (unpaired) electrons. The van der Waals surface area contributed by atoms with E-state index in [0.717, 1.165) is 6.42 Å². The van der Waals surface area contributed by atoms with E-state index in [1.54, 1.807) is 6.92 Å². The average molecular weight is 173 g/mol. The van der Waals surface area contributed by atoms with Gasteiger partial charge in [0.1, 0.15) is 17.9 Å². The van der Waals surface area contributed by atoms with E-state index in [0.29, 0.717) is 18.9 Å². The van der Waals surface area contributed by atoms with Crippen LogP contribution in [0.15, 0.2) is 12.3 Å². The van der Waals surface area contributed by atoms with E-state index in [1.807, 2.05) is 6.92 Å². The Morgan fingerprint density at radius 2 is 2.42 bits per heavy atom. The third kappa shape index (κ3) is 2.28. The van der Waals surface area contributed by atoms with Crippen LogP contribution in [-0.2, 0) is 9.57 Å². The van der Waals surface area contributed by atoms with Crippen molar-refractivity contribution in [2.45, 2.75) is 25.9 Å². The third-order valence-corrected chi connectivity index (χ3v) is 2.01. The molecule has 2 unspecified atom stereocenters. The zero-order valence-corrected chi connectivity index (χ0v) is 7.55. The normalized spacial score (nSPS) is 29.9. The van der Waals surface area contributed by atoms with E-state index < -0.39 is 0 Å². The minimum absolute atomic E-state index is 0.175. The Morgan fingerprint density at radius 3 is 2.75 bits per heavy atom. The highest BCUT2D eigenvalue weighted by atomic mass is 16.9. The highest BCUT2D eigenvalue weighted by molar-refractivity contribution is 4.90. The average Bonchev–Trinajstić information content (AvgIpc) is 2.81. The fraction of sp³-hybridized carbons (Fsp3) is 0.750. The Labute approximate surface area is 72.3 Å². The number of nitrogens with one attached hydrogen (secondary N) is 1. The van der Waals surface area contributed by atoms with Crippen LogP contribution in [0.1, 0.15) is 20.3 Å².